The molecule has 18 heavy (non-hydrogen) atoms. The predicted molar refractivity (Wildman–Crippen MR) is 67.2 cm³/mol. The minimum absolute atomic E-state index is 0.0453. The maximum atomic E-state index is 12.4. The van der Waals surface area contributed by atoms with Crippen LogP contribution in [0.3, 0.4) is 0 Å². The molecule has 5 nitrogen and oxygen atoms in total. The first-order valence-electron chi connectivity index (χ1n) is 6.70. The predicted octanol–water partition coefficient (Wildman–Crippen LogP) is 1.49. The molecule has 4 atom stereocenters. The van der Waals surface area contributed by atoms with Gasteiger partial charge in [0.1, 0.15) is 6.04 Å². The number of carbonyl (C=O) groups excluding carboxylic acids is 1. The zero-order chi connectivity index (χ0) is 13.4. The highest BCUT2D eigenvalue weighted by molar-refractivity contribution is 5.83. The van der Waals surface area contributed by atoms with Gasteiger partial charge in [-0.1, -0.05) is 20.8 Å². The van der Waals surface area contributed by atoms with Crippen molar-refractivity contribution < 1.29 is 14.7 Å². The molecule has 4 unspecified atom stereocenters. The van der Waals surface area contributed by atoms with E-state index in [1.807, 2.05) is 11.8 Å². The van der Waals surface area contributed by atoms with Crippen LogP contribution in [-0.4, -0.2) is 52.6 Å². The normalized spacial score (nSPS) is 36.2. The van der Waals surface area contributed by atoms with Crippen LogP contribution in [0.2, 0.25) is 0 Å². The van der Waals surface area contributed by atoms with E-state index in [1.165, 1.54) is 4.90 Å². The summed E-state index contributed by atoms with van der Waals surface area (Å²) in [5.74, 6) is 0.159. The summed E-state index contributed by atoms with van der Waals surface area (Å²) < 4.78 is 0. The van der Waals surface area contributed by atoms with Gasteiger partial charge in [-0.25, -0.2) is 9.59 Å². The number of amides is 2. The number of carboxylic acids is 1. The lowest BCUT2D eigenvalue weighted by Crippen LogP contribution is -2.48. The lowest BCUT2D eigenvalue weighted by atomic mass is 10.0. The second-order valence-electron chi connectivity index (χ2n) is 5.88. The smallest absolute Gasteiger partial charge is 0.326 e. The molecule has 2 fully saturated rings. The summed E-state index contributed by atoms with van der Waals surface area (Å²) in [5.41, 5.74) is 0. The van der Waals surface area contributed by atoms with Crippen LogP contribution in [-0.2, 0) is 4.79 Å². The highest BCUT2D eigenvalue weighted by atomic mass is 16.4. The lowest BCUT2D eigenvalue weighted by Gasteiger charge is -2.28. The number of hydrogen-bond donors (Lipinski definition) is 1. The minimum atomic E-state index is -0.881. The Morgan fingerprint density at radius 1 is 1.06 bits per heavy atom. The number of nitrogens with zero attached hydrogens (tertiary/aromatic N) is 2. The van der Waals surface area contributed by atoms with Crippen LogP contribution < -0.4 is 0 Å². The Morgan fingerprint density at radius 3 is 2.11 bits per heavy atom. The summed E-state index contributed by atoms with van der Waals surface area (Å²) in [7, 11) is 0. The SMILES string of the molecule is CC1CN(C(=O)N2CCC(C)C2C(=O)O)CC1C. The van der Waals surface area contributed by atoms with Crippen molar-refractivity contribution >= 4 is 12.0 Å². The summed E-state index contributed by atoms with van der Waals surface area (Å²) in [5, 5.41) is 9.24. The first kappa shape index (κ1) is 13.2. The van der Waals surface area contributed by atoms with Crippen LogP contribution in [0.25, 0.3) is 0 Å². The van der Waals surface area contributed by atoms with Crippen LogP contribution in [0.4, 0.5) is 4.79 Å². The third kappa shape index (κ3) is 2.18. The Bertz CT molecular complexity index is 348. The van der Waals surface area contributed by atoms with Gasteiger partial charge in [0.05, 0.1) is 0 Å². The van der Waals surface area contributed by atoms with E-state index in [1.54, 1.807) is 0 Å². The number of carboxylic acid groups (broad SMARTS) is 1. The number of likely N-dealkylation sites (tertiary alicyclic amines) is 2. The van der Waals surface area contributed by atoms with E-state index in [0.717, 1.165) is 19.5 Å². The van der Waals surface area contributed by atoms with Crippen LogP contribution in [0.1, 0.15) is 27.2 Å². The Hall–Kier alpha value is -1.26. The number of carbonyl (C=O) groups is 2. The fraction of sp³-hybridized carbons (Fsp3) is 0.846. The van der Waals surface area contributed by atoms with Crippen LogP contribution in [0, 0.1) is 17.8 Å². The Morgan fingerprint density at radius 2 is 1.61 bits per heavy atom. The van der Waals surface area contributed by atoms with E-state index in [-0.39, 0.29) is 11.9 Å². The minimum Gasteiger partial charge on any atom is -0.480 e. The van der Waals surface area contributed by atoms with Crippen molar-refractivity contribution in [2.75, 3.05) is 19.6 Å². The zero-order valence-electron chi connectivity index (χ0n) is 11.3. The molecule has 0 aromatic heterocycles. The van der Waals surface area contributed by atoms with Crippen molar-refractivity contribution in [3.8, 4) is 0 Å². The van der Waals surface area contributed by atoms with Crippen LogP contribution in [0.5, 0.6) is 0 Å². The number of hydrogen-bond acceptors (Lipinski definition) is 2. The molecule has 2 heterocycles. The van der Waals surface area contributed by atoms with E-state index in [4.69, 9.17) is 0 Å². The second-order valence-corrected chi connectivity index (χ2v) is 5.88. The number of rotatable bonds is 1. The molecular weight excluding hydrogens is 232 g/mol. The van der Waals surface area contributed by atoms with E-state index in [9.17, 15) is 14.7 Å². The standard InChI is InChI=1S/C13H22N2O3/c1-8-4-5-15(11(8)12(16)17)13(18)14-6-9(2)10(3)7-14/h8-11H,4-7H2,1-3H3,(H,16,17). The summed E-state index contributed by atoms with van der Waals surface area (Å²) in [6.45, 7) is 8.24. The first-order chi connectivity index (χ1) is 8.41. The van der Waals surface area contributed by atoms with Crippen molar-refractivity contribution in [1.82, 2.24) is 9.80 Å². The maximum absolute atomic E-state index is 12.4. The van der Waals surface area contributed by atoms with E-state index < -0.39 is 12.0 Å². The van der Waals surface area contributed by atoms with Gasteiger partial charge in [0.25, 0.3) is 0 Å². The lowest BCUT2D eigenvalue weighted by molar-refractivity contribution is -0.142. The van der Waals surface area contributed by atoms with Gasteiger partial charge in [-0.05, 0) is 24.2 Å². The summed E-state index contributed by atoms with van der Waals surface area (Å²) >= 11 is 0. The Kier molecular flexibility index (Phi) is 3.50. The van der Waals surface area contributed by atoms with Gasteiger partial charge in [-0.15, -0.1) is 0 Å². The molecule has 102 valence electrons. The van der Waals surface area contributed by atoms with Gasteiger partial charge in [0, 0.05) is 19.6 Å². The molecule has 1 N–H and O–H groups in total. The summed E-state index contributed by atoms with van der Waals surface area (Å²) in [6.07, 6.45) is 0.779. The van der Waals surface area contributed by atoms with Crippen LogP contribution >= 0.6 is 0 Å². The third-order valence-electron chi connectivity index (χ3n) is 4.46. The van der Waals surface area contributed by atoms with Crippen molar-refractivity contribution in [2.45, 2.75) is 33.2 Å². The third-order valence-corrected chi connectivity index (χ3v) is 4.46. The highest BCUT2D eigenvalue weighted by Crippen LogP contribution is 2.28. The van der Waals surface area contributed by atoms with E-state index in [2.05, 4.69) is 13.8 Å². The summed E-state index contributed by atoms with van der Waals surface area (Å²) in [6, 6.07) is -0.744. The first-order valence-corrected chi connectivity index (χ1v) is 6.70. The largest absolute Gasteiger partial charge is 0.480 e. The van der Waals surface area contributed by atoms with Gasteiger partial charge < -0.3 is 14.9 Å². The van der Waals surface area contributed by atoms with Crippen molar-refractivity contribution in [1.29, 1.82) is 0 Å². The monoisotopic (exact) mass is 254 g/mol. The van der Waals surface area contributed by atoms with Crippen LogP contribution in [0.15, 0.2) is 0 Å². The Labute approximate surface area is 108 Å². The van der Waals surface area contributed by atoms with Crippen molar-refractivity contribution in [3.05, 3.63) is 0 Å². The van der Waals surface area contributed by atoms with Gasteiger partial charge in [-0.2, -0.15) is 0 Å². The molecule has 0 bridgehead atoms. The molecule has 0 aromatic carbocycles. The second kappa shape index (κ2) is 4.78. The molecule has 0 saturated carbocycles. The molecule has 2 aliphatic heterocycles. The average Bonchev–Trinajstić information content (AvgIpc) is 2.82. The quantitative estimate of drug-likeness (QED) is 0.771. The molecular formula is C13H22N2O3. The molecule has 5 heteroatoms. The molecule has 2 amide bonds. The summed E-state index contributed by atoms with van der Waals surface area (Å²) in [4.78, 5) is 27.0. The Balaban J connectivity index is 2.07. The van der Waals surface area contributed by atoms with Gasteiger partial charge in [-0.3, -0.25) is 0 Å². The topological polar surface area (TPSA) is 60.9 Å². The number of aliphatic carboxylic acids is 1. The fourth-order valence-electron chi connectivity index (χ4n) is 3.01. The average molecular weight is 254 g/mol. The molecule has 0 aliphatic carbocycles. The zero-order valence-corrected chi connectivity index (χ0v) is 11.3. The van der Waals surface area contributed by atoms with Crippen molar-refractivity contribution in [3.63, 3.8) is 0 Å². The van der Waals surface area contributed by atoms with E-state index in [0.29, 0.717) is 18.4 Å². The fourth-order valence-corrected chi connectivity index (χ4v) is 3.01. The molecule has 2 aliphatic rings. The molecule has 2 rings (SSSR count). The van der Waals surface area contributed by atoms with E-state index >= 15 is 0 Å². The van der Waals surface area contributed by atoms with Gasteiger partial charge in [0.2, 0.25) is 0 Å². The molecule has 2 saturated heterocycles. The molecule has 0 spiro atoms. The van der Waals surface area contributed by atoms with Crippen molar-refractivity contribution in [2.24, 2.45) is 17.8 Å². The van der Waals surface area contributed by atoms with Gasteiger partial charge in [0.15, 0.2) is 0 Å². The van der Waals surface area contributed by atoms with Gasteiger partial charge >= 0.3 is 12.0 Å². The molecule has 0 aromatic rings. The number of urea groups is 1. The highest BCUT2D eigenvalue weighted by Gasteiger charge is 2.42. The maximum Gasteiger partial charge on any atom is 0.326 e. The molecule has 0 radical (unpaired) electrons.